The molecule has 7 heteroatoms. The average Bonchev–Trinajstić information content (AvgIpc) is 2.54. The number of nitrogens with zero attached hydrogens (tertiary/aromatic N) is 1. The van der Waals surface area contributed by atoms with Crippen molar-refractivity contribution in [1.29, 1.82) is 0 Å². The van der Waals surface area contributed by atoms with Crippen molar-refractivity contribution in [2.24, 2.45) is 11.5 Å². The molecule has 3 rings (SSSR count). The summed E-state index contributed by atoms with van der Waals surface area (Å²) >= 11 is 0. The summed E-state index contributed by atoms with van der Waals surface area (Å²) < 4.78 is 11.2. The summed E-state index contributed by atoms with van der Waals surface area (Å²) in [6.07, 6.45) is 0.877. The maximum Gasteiger partial charge on any atom is 0.323 e. The maximum atomic E-state index is 5.60. The summed E-state index contributed by atoms with van der Waals surface area (Å²) in [4.78, 5) is 10.1. The number of H-pyrrole nitrogens is 1. The van der Waals surface area contributed by atoms with E-state index in [-0.39, 0.29) is 5.96 Å². The second-order valence-electron chi connectivity index (χ2n) is 4.03. The molecule has 0 bridgehead atoms. The summed E-state index contributed by atoms with van der Waals surface area (Å²) in [7, 11) is 0. The largest absolute Gasteiger partial charge is 0.489 e. The molecule has 0 fully saturated rings. The van der Waals surface area contributed by atoms with Crippen molar-refractivity contribution < 1.29 is 14.5 Å². The predicted octanol–water partition coefficient (Wildman–Crippen LogP) is -1.29. The highest BCUT2D eigenvalue weighted by Gasteiger charge is 2.15. The lowest BCUT2D eigenvalue weighted by molar-refractivity contribution is -0.365. The number of hydrogen-bond acceptors (Lipinski definition) is 3. The first-order valence-electron chi connectivity index (χ1n) is 5.66. The van der Waals surface area contributed by atoms with Crippen LogP contribution in [0.2, 0.25) is 0 Å². The van der Waals surface area contributed by atoms with Crippen LogP contribution in [0.25, 0.3) is 11.0 Å². The number of nitrogens with one attached hydrogen (secondary N) is 2. The molecule has 94 valence electrons. The van der Waals surface area contributed by atoms with Gasteiger partial charge in [-0.2, -0.15) is 0 Å². The van der Waals surface area contributed by atoms with E-state index in [4.69, 9.17) is 20.9 Å². The van der Waals surface area contributed by atoms with Crippen molar-refractivity contribution in [3.8, 4) is 11.5 Å². The third-order valence-corrected chi connectivity index (χ3v) is 2.61. The Balaban J connectivity index is 2.09. The van der Waals surface area contributed by atoms with Gasteiger partial charge in [-0.15, -0.1) is 4.98 Å². The number of imidazole rings is 1. The molecule has 0 radical (unpaired) electrons. The van der Waals surface area contributed by atoms with Gasteiger partial charge < -0.3 is 20.9 Å². The summed E-state index contributed by atoms with van der Waals surface area (Å²) in [6, 6.07) is 3.70. The van der Waals surface area contributed by atoms with Crippen LogP contribution in [0.15, 0.2) is 12.1 Å². The van der Waals surface area contributed by atoms with Gasteiger partial charge in [0.05, 0.1) is 13.2 Å². The van der Waals surface area contributed by atoms with E-state index in [2.05, 4.69) is 15.0 Å². The molecule has 1 aliphatic rings. The van der Waals surface area contributed by atoms with E-state index in [1.807, 2.05) is 12.1 Å². The summed E-state index contributed by atoms with van der Waals surface area (Å²) in [5, 5.41) is 0. The Morgan fingerprint density at radius 2 is 1.94 bits per heavy atom. The Bertz CT molecular complexity index is 572. The van der Waals surface area contributed by atoms with Crippen LogP contribution in [0.1, 0.15) is 6.42 Å². The van der Waals surface area contributed by atoms with Gasteiger partial charge in [-0.25, -0.2) is 4.99 Å². The number of nitrogens with two attached hydrogens (primary N) is 2. The number of fused-ring (bicyclic) bond motifs is 2. The monoisotopic (exact) mass is 248 g/mol. The Hall–Kier alpha value is -2.44. The molecule has 18 heavy (non-hydrogen) atoms. The molecule has 1 aliphatic heterocycles. The molecular formula is C11H14N5O2+. The Labute approximate surface area is 103 Å². The molecule has 2 aromatic rings. The van der Waals surface area contributed by atoms with Crippen molar-refractivity contribution in [1.82, 2.24) is 9.97 Å². The van der Waals surface area contributed by atoms with Gasteiger partial charge in [0.1, 0.15) is 11.0 Å². The molecular weight excluding hydrogens is 234 g/mol. The lowest BCUT2D eigenvalue weighted by atomic mass is 10.3. The third-order valence-electron chi connectivity index (χ3n) is 2.61. The van der Waals surface area contributed by atoms with Crippen molar-refractivity contribution >= 4 is 22.9 Å². The molecule has 6 N–H and O–H groups in total. The number of benzene rings is 1. The lowest BCUT2D eigenvalue weighted by Crippen LogP contribution is -2.73. The van der Waals surface area contributed by atoms with Crippen molar-refractivity contribution in [2.75, 3.05) is 13.2 Å². The van der Waals surface area contributed by atoms with Crippen LogP contribution < -0.4 is 25.9 Å². The summed E-state index contributed by atoms with van der Waals surface area (Å²) in [5.74, 6) is 2.01. The van der Waals surface area contributed by atoms with Crippen LogP contribution in [-0.2, 0) is 0 Å². The van der Waals surface area contributed by atoms with Crippen molar-refractivity contribution in [2.45, 2.75) is 6.42 Å². The van der Waals surface area contributed by atoms with E-state index < -0.39 is 0 Å². The molecule has 0 unspecified atom stereocenters. The summed E-state index contributed by atoms with van der Waals surface area (Å²) in [5.41, 5.74) is 12.3. The quantitative estimate of drug-likeness (QED) is 0.370. The van der Waals surface area contributed by atoms with Crippen molar-refractivity contribution in [3.05, 3.63) is 12.1 Å². The first-order valence-corrected chi connectivity index (χ1v) is 5.66. The first-order chi connectivity index (χ1) is 8.72. The fourth-order valence-electron chi connectivity index (χ4n) is 1.86. The molecule has 1 aromatic carbocycles. The smallest absolute Gasteiger partial charge is 0.323 e. The molecule has 2 heterocycles. The van der Waals surface area contributed by atoms with E-state index in [0.717, 1.165) is 23.2 Å². The van der Waals surface area contributed by atoms with Gasteiger partial charge in [0.25, 0.3) is 5.96 Å². The standard InChI is InChI=1S/C11H13N5O2/c12-10(13)16-11-14-6-4-8-9(5-7(6)15-11)18-3-1-2-17-8/h4-5H,1-3H2,(H5,12,13,14,15,16)/p+1. The van der Waals surface area contributed by atoms with Crippen LogP contribution in [0.3, 0.4) is 0 Å². The molecule has 0 spiro atoms. The van der Waals surface area contributed by atoms with Gasteiger partial charge >= 0.3 is 5.95 Å². The number of aromatic nitrogens is 2. The first kappa shape index (κ1) is 10.7. The van der Waals surface area contributed by atoms with Crippen LogP contribution >= 0.6 is 0 Å². The molecule has 0 amide bonds. The minimum Gasteiger partial charge on any atom is -0.489 e. The van der Waals surface area contributed by atoms with Crippen LogP contribution in [0, 0.1) is 0 Å². The van der Waals surface area contributed by atoms with Gasteiger partial charge in [0.15, 0.2) is 11.5 Å². The van der Waals surface area contributed by atoms with Gasteiger partial charge in [-0.1, -0.05) is 0 Å². The van der Waals surface area contributed by atoms with E-state index in [1.165, 1.54) is 0 Å². The van der Waals surface area contributed by atoms with Gasteiger partial charge in [0.2, 0.25) is 0 Å². The lowest BCUT2D eigenvalue weighted by Gasteiger charge is -2.05. The van der Waals surface area contributed by atoms with Crippen molar-refractivity contribution in [3.63, 3.8) is 0 Å². The molecule has 0 atom stereocenters. The zero-order valence-corrected chi connectivity index (χ0v) is 9.69. The van der Waals surface area contributed by atoms with Gasteiger partial charge in [-0.3, -0.25) is 4.98 Å². The molecule has 0 saturated heterocycles. The second kappa shape index (κ2) is 4.10. The normalized spacial score (nSPS) is 14.2. The fraction of sp³-hybridized carbons (Fsp3) is 0.273. The van der Waals surface area contributed by atoms with E-state index in [0.29, 0.717) is 24.9 Å². The number of guanidine groups is 1. The highest BCUT2D eigenvalue weighted by molar-refractivity contribution is 5.81. The third kappa shape index (κ3) is 1.90. The molecule has 1 aromatic heterocycles. The SMILES string of the molecule is NC(N)=[NH+]c1nc2cc3c(cc2[nH]1)OCCCO3. The van der Waals surface area contributed by atoms with Gasteiger partial charge in [0, 0.05) is 18.6 Å². The van der Waals surface area contributed by atoms with Crippen LogP contribution in [0.4, 0.5) is 5.95 Å². The molecule has 0 saturated carbocycles. The minimum atomic E-state index is 0.0862. The number of ether oxygens (including phenoxy) is 2. The van der Waals surface area contributed by atoms with Gasteiger partial charge in [-0.05, 0) is 0 Å². The second-order valence-corrected chi connectivity index (χ2v) is 4.03. The van der Waals surface area contributed by atoms with E-state index >= 15 is 0 Å². The number of aromatic amines is 1. The topological polar surface area (TPSA) is 113 Å². The highest BCUT2D eigenvalue weighted by Crippen LogP contribution is 2.33. The highest BCUT2D eigenvalue weighted by atomic mass is 16.5. The molecule has 7 nitrogen and oxygen atoms in total. The summed E-state index contributed by atoms with van der Waals surface area (Å²) in [6.45, 7) is 1.30. The number of rotatable bonds is 1. The van der Waals surface area contributed by atoms with E-state index in [1.54, 1.807) is 0 Å². The molecule has 0 aliphatic carbocycles. The predicted molar refractivity (Wildman–Crippen MR) is 65.7 cm³/mol. The zero-order valence-electron chi connectivity index (χ0n) is 9.69. The Kier molecular flexibility index (Phi) is 2.44. The maximum absolute atomic E-state index is 5.60. The van der Waals surface area contributed by atoms with Crippen LogP contribution in [0.5, 0.6) is 11.5 Å². The van der Waals surface area contributed by atoms with Crippen LogP contribution in [-0.4, -0.2) is 29.1 Å². The minimum absolute atomic E-state index is 0.0862. The number of hydrogen-bond donors (Lipinski definition) is 4. The zero-order chi connectivity index (χ0) is 12.5. The average molecular weight is 248 g/mol. The Morgan fingerprint density at radius 1 is 1.22 bits per heavy atom. The van der Waals surface area contributed by atoms with E-state index in [9.17, 15) is 0 Å². The Morgan fingerprint density at radius 3 is 2.67 bits per heavy atom. The fourth-order valence-corrected chi connectivity index (χ4v) is 1.86.